The van der Waals surface area contributed by atoms with Crippen LogP contribution < -0.4 is 15.2 Å². The zero-order chi connectivity index (χ0) is 24.3. The normalized spacial score (nSPS) is 12.3. The molecule has 0 saturated heterocycles. The lowest BCUT2D eigenvalue weighted by atomic mass is 10.0. The average Bonchev–Trinajstić information content (AvgIpc) is 2.75. The molecule has 1 amide bonds. The fourth-order valence-electron chi connectivity index (χ4n) is 3.01. The monoisotopic (exact) mass is 528 g/mol. The lowest BCUT2D eigenvalue weighted by molar-refractivity contribution is -0.118. The van der Waals surface area contributed by atoms with E-state index in [0.29, 0.717) is 32.4 Å². The molecular weight excluding hydrogens is 511 g/mol. The Balaban J connectivity index is 1.75. The van der Waals surface area contributed by atoms with Crippen LogP contribution in [-0.2, 0) is 14.8 Å². The van der Waals surface area contributed by atoms with Crippen LogP contribution in [0, 0.1) is 6.92 Å². The quantitative estimate of drug-likeness (QED) is 0.410. The van der Waals surface area contributed by atoms with Gasteiger partial charge >= 0.3 is 0 Å². The number of carbonyl (C=O) groups excluding carboxylic acids is 1. The predicted molar refractivity (Wildman–Crippen MR) is 129 cm³/mol. The standard InChI is InChI=1S/C22H19Cl3N2O5S/c1-12-8-15(33(26,30)31)4-6-19(12)27-21(28)11-32-20-7-3-14(23)10-16(20)22(29)13-2-5-17(24)18(25)9-13/h2-10,22,29H,11H2,1H3,(H,27,28)(H2,26,30,31). The van der Waals surface area contributed by atoms with E-state index in [1.807, 2.05) is 0 Å². The minimum atomic E-state index is -3.85. The van der Waals surface area contributed by atoms with Gasteiger partial charge in [0, 0.05) is 16.3 Å². The summed E-state index contributed by atoms with van der Waals surface area (Å²) in [6.07, 6.45) is -1.13. The zero-order valence-electron chi connectivity index (χ0n) is 17.2. The summed E-state index contributed by atoms with van der Waals surface area (Å²) in [6.45, 7) is 1.26. The molecule has 0 aromatic heterocycles. The largest absolute Gasteiger partial charge is 0.483 e. The molecule has 7 nitrogen and oxygen atoms in total. The number of benzene rings is 3. The number of aryl methyl sites for hydroxylation is 1. The minimum absolute atomic E-state index is 0.0589. The van der Waals surface area contributed by atoms with Gasteiger partial charge in [0.1, 0.15) is 11.9 Å². The van der Waals surface area contributed by atoms with Gasteiger partial charge in [0.15, 0.2) is 6.61 Å². The van der Waals surface area contributed by atoms with Gasteiger partial charge in [0.05, 0.1) is 14.9 Å². The zero-order valence-corrected chi connectivity index (χ0v) is 20.3. The molecule has 0 spiro atoms. The molecule has 0 fully saturated rings. The number of hydrogen-bond donors (Lipinski definition) is 3. The van der Waals surface area contributed by atoms with Crippen LogP contribution in [0.25, 0.3) is 0 Å². The van der Waals surface area contributed by atoms with E-state index in [1.54, 1.807) is 25.1 Å². The third-order valence-electron chi connectivity index (χ3n) is 4.69. The van der Waals surface area contributed by atoms with Gasteiger partial charge in [0.2, 0.25) is 10.0 Å². The number of nitrogens with two attached hydrogens (primary N) is 1. The van der Waals surface area contributed by atoms with Gasteiger partial charge in [-0.05, 0) is 66.6 Å². The SMILES string of the molecule is Cc1cc(S(N)(=O)=O)ccc1NC(=O)COc1ccc(Cl)cc1C(O)c1ccc(Cl)c(Cl)c1. The first-order chi connectivity index (χ1) is 15.5. The van der Waals surface area contributed by atoms with Crippen LogP contribution in [0.1, 0.15) is 22.8 Å². The molecule has 0 aliphatic rings. The molecule has 1 atom stereocenters. The van der Waals surface area contributed by atoms with Gasteiger partial charge in [-0.2, -0.15) is 0 Å². The van der Waals surface area contributed by atoms with E-state index in [0.717, 1.165) is 0 Å². The van der Waals surface area contributed by atoms with Crippen LogP contribution in [0.5, 0.6) is 5.75 Å². The number of primary sulfonamides is 1. The first-order valence-electron chi connectivity index (χ1n) is 9.44. The highest BCUT2D eigenvalue weighted by molar-refractivity contribution is 7.89. The Kier molecular flexibility index (Phi) is 7.89. The number of aliphatic hydroxyl groups excluding tert-OH is 1. The molecule has 0 saturated carbocycles. The number of ether oxygens (including phenoxy) is 1. The summed E-state index contributed by atoms with van der Waals surface area (Å²) in [6, 6.07) is 13.4. The maximum atomic E-state index is 12.4. The molecule has 0 heterocycles. The summed E-state index contributed by atoms with van der Waals surface area (Å²) in [7, 11) is -3.85. The molecule has 1 unspecified atom stereocenters. The smallest absolute Gasteiger partial charge is 0.262 e. The Morgan fingerprint density at radius 1 is 1.06 bits per heavy atom. The number of carbonyl (C=O) groups is 1. The molecule has 33 heavy (non-hydrogen) atoms. The van der Waals surface area contributed by atoms with E-state index in [2.05, 4.69) is 5.32 Å². The van der Waals surface area contributed by atoms with Crippen LogP contribution in [0.3, 0.4) is 0 Å². The van der Waals surface area contributed by atoms with Crippen molar-refractivity contribution < 1.29 is 23.1 Å². The molecule has 174 valence electrons. The van der Waals surface area contributed by atoms with Gasteiger partial charge in [-0.3, -0.25) is 4.79 Å². The number of sulfonamides is 1. The Labute approximate surface area is 206 Å². The molecule has 0 aliphatic heterocycles. The van der Waals surface area contributed by atoms with E-state index in [1.165, 1.54) is 36.4 Å². The minimum Gasteiger partial charge on any atom is -0.483 e. The third-order valence-corrected chi connectivity index (χ3v) is 6.57. The highest BCUT2D eigenvalue weighted by Crippen LogP contribution is 2.34. The van der Waals surface area contributed by atoms with Crippen molar-refractivity contribution in [1.82, 2.24) is 0 Å². The maximum Gasteiger partial charge on any atom is 0.262 e. The fourth-order valence-corrected chi connectivity index (χ4v) is 4.10. The first-order valence-corrected chi connectivity index (χ1v) is 12.1. The van der Waals surface area contributed by atoms with Crippen molar-refractivity contribution >= 4 is 56.4 Å². The van der Waals surface area contributed by atoms with Crippen molar-refractivity contribution in [2.75, 3.05) is 11.9 Å². The number of aliphatic hydroxyl groups is 1. The molecule has 3 aromatic rings. The number of rotatable bonds is 7. The van der Waals surface area contributed by atoms with Gasteiger partial charge in [-0.15, -0.1) is 0 Å². The molecule has 0 bridgehead atoms. The first kappa shape index (κ1) is 25.3. The molecule has 4 N–H and O–H groups in total. The Bertz CT molecular complexity index is 1320. The summed E-state index contributed by atoms with van der Waals surface area (Å²) in [5.74, 6) is -0.249. The van der Waals surface area contributed by atoms with Crippen molar-refractivity contribution in [3.8, 4) is 5.75 Å². The van der Waals surface area contributed by atoms with Crippen LogP contribution >= 0.6 is 34.8 Å². The van der Waals surface area contributed by atoms with Crippen molar-refractivity contribution in [3.63, 3.8) is 0 Å². The number of hydrogen-bond acceptors (Lipinski definition) is 5. The van der Waals surface area contributed by atoms with Crippen LogP contribution in [0.2, 0.25) is 15.1 Å². The summed E-state index contributed by atoms with van der Waals surface area (Å²) in [4.78, 5) is 12.4. The van der Waals surface area contributed by atoms with Gasteiger partial charge in [0.25, 0.3) is 5.91 Å². The average molecular weight is 530 g/mol. The number of halogens is 3. The highest BCUT2D eigenvalue weighted by Gasteiger charge is 2.19. The van der Waals surface area contributed by atoms with Gasteiger partial charge in [-0.1, -0.05) is 40.9 Å². The molecule has 11 heteroatoms. The molecular formula is C22H19Cl3N2O5S. The summed E-state index contributed by atoms with van der Waals surface area (Å²) in [5.41, 5.74) is 1.72. The van der Waals surface area contributed by atoms with E-state index in [4.69, 9.17) is 44.7 Å². The van der Waals surface area contributed by atoms with E-state index < -0.39 is 22.0 Å². The van der Waals surface area contributed by atoms with Crippen molar-refractivity contribution in [2.24, 2.45) is 5.14 Å². The maximum absolute atomic E-state index is 12.4. The Morgan fingerprint density at radius 3 is 2.42 bits per heavy atom. The van der Waals surface area contributed by atoms with E-state index in [9.17, 15) is 18.3 Å². The second kappa shape index (κ2) is 10.3. The van der Waals surface area contributed by atoms with Crippen LogP contribution in [-0.4, -0.2) is 26.0 Å². The second-order valence-electron chi connectivity index (χ2n) is 7.12. The topological polar surface area (TPSA) is 119 Å². The summed E-state index contributed by atoms with van der Waals surface area (Å²) < 4.78 is 28.5. The fraction of sp³-hybridized carbons (Fsp3) is 0.136. The second-order valence-corrected chi connectivity index (χ2v) is 9.93. The van der Waals surface area contributed by atoms with Crippen LogP contribution in [0.15, 0.2) is 59.5 Å². The van der Waals surface area contributed by atoms with Crippen molar-refractivity contribution in [3.05, 3.63) is 86.4 Å². The number of nitrogens with one attached hydrogen (secondary N) is 1. The molecule has 3 aromatic carbocycles. The Hall–Kier alpha value is -2.33. The highest BCUT2D eigenvalue weighted by atomic mass is 35.5. The van der Waals surface area contributed by atoms with Crippen molar-refractivity contribution in [2.45, 2.75) is 17.9 Å². The summed E-state index contributed by atoms with van der Waals surface area (Å²) in [5, 5.41) is 19.6. The summed E-state index contributed by atoms with van der Waals surface area (Å²) >= 11 is 18.1. The predicted octanol–water partition coefficient (Wildman–Crippen LogP) is 4.70. The van der Waals surface area contributed by atoms with Crippen molar-refractivity contribution in [1.29, 1.82) is 0 Å². The van der Waals surface area contributed by atoms with E-state index >= 15 is 0 Å². The molecule has 0 aliphatic carbocycles. The van der Waals surface area contributed by atoms with Gasteiger partial charge in [-0.25, -0.2) is 13.6 Å². The molecule has 0 radical (unpaired) electrons. The third kappa shape index (κ3) is 6.38. The number of amides is 1. The molecule has 3 rings (SSSR count). The van der Waals surface area contributed by atoms with Crippen LogP contribution in [0.4, 0.5) is 5.69 Å². The lowest BCUT2D eigenvalue weighted by Gasteiger charge is -2.18. The van der Waals surface area contributed by atoms with E-state index in [-0.39, 0.29) is 22.3 Å². The number of anilines is 1. The Morgan fingerprint density at radius 2 is 1.79 bits per heavy atom. The van der Waals surface area contributed by atoms with Gasteiger partial charge < -0.3 is 15.2 Å². The lowest BCUT2D eigenvalue weighted by Crippen LogP contribution is -2.21.